The number of rotatable bonds is 4. The molecule has 146 valence electrons. The number of methoxy groups -OCH3 is 1. The third-order valence-corrected chi connectivity index (χ3v) is 3.44. The Morgan fingerprint density at radius 3 is 2.26 bits per heavy atom. The van der Waals surface area contributed by atoms with Crippen molar-refractivity contribution in [2.45, 2.75) is 13.0 Å². The summed E-state index contributed by atoms with van der Waals surface area (Å²) in [5, 5.41) is 3.29. The standard InChI is InChI=1S/C11H14N2.C7H6F2O.C2H4O2/c12-11-4-2-1-3-10(11)9-5-7-13-8-6-9;8-7(9)10-6-4-2-1-3-5-6;1-4-2-3/h1-5,13H,6-8,12H2;1-5,7H;2H,1H3. The number of hydrogen-bond donors (Lipinski definition) is 2. The fourth-order valence-corrected chi connectivity index (χ4v) is 2.26. The molecule has 2 aromatic rings. The van der Waals surface area contributed by atoms with Crippen LogP contribution in [0.1, 0.15) is 12.0 Å². The molecule has 3 rings (SSSR count). The minimum absolute atomic E-state index is 0.192. The van der Waals surface area contributed by atoms with Crippen LogP contribution in [0.4, 0.5) is 14.5 Å². The zero-order valence-corrected chi connectivity index (χ0v) is 15.1. The first-order valence-corrected chi connectivity index (χ1v) is 8.29. The maximum absolute atomic E-state index is 11.5. The molecule has 1 aliphatic heterocycles. The minimum Gasteiger partial charge on any atom is -0.471 e. The summed E-state index contributed by atoms with van der Waals surface area (Å²) in [4.78, 5) is 8.95. The average Bonchev–Trinajstić information content (AvgIpc) is 2.70. The highest BCUT2D eigenvalue weighted by atomic mass is 19.3. The molecule has 1 aliphatic rings. The maximum Gasteiger partial charge on any atom is 0.387 e. The van der Waals surface area contributed by atoms with Crippen LogP contribution in [0, 0.1) is 0 Å². The molecule has 27 heavy (non-hydrogen) atoms. The van der Waals surface area contributed by atoms with Crippen molar-refractivity contribution in [2.24, 2.45) is 0 Å². The second-order valence-electron chi connectivity index (χ2n) is 5.29. The smallest absolute Gasteiger partial charge is 0.387 e. The van der Waals surface area contributed by atoms with E-state index in [2.05, 4.69) is 26.9 Å². The average molecular weight is 378 g/mol. The van der Waals surface area contributed by atoms with E-state index in [1.807, 2.05) is 18.2 Å². The lowest BCUT2D eigenvalue weighted by molar-refractivity contribution is -0.126. The van der Waals surface area contributed by atoms with Crippen LogP contribution in [0.5, 0.6) is 5.75 Å². The minimum atomic E-state index is -2.73. The topological polar surface area (TPSA) is 73.6 Å². The second kappa shape index (κ2) is 13.3. The van der Waals surface area contributed by atoms with E-state index in [-0.39, 0.29) is 5.75 Å². The van der Waals surface area contributed by atoms with Gasteiger partial charge in [-0.3, -0.25) is 4.79 Å². The molecule has 2 aromatic carbocycles. The zero-order chi connectivity index (χ0) is 19.9. The summed E-state index contributed by atoms with van der Waals surface area (Å²) in [6.45, 7) is -0.341. The van der Waals surface area contributed by atoms with Crippen molar-refractivity contribution in [3.63, 3.8) is 0 Å². The van der Waals surface area contributed by atoms with Crippen molar-refractivity contribution in [1.29, 1.82) is 0 Å². The first kappa shape index (κ1) is 22.1. The quantitative estimate of drug-likeness (QED) is 0.627. The van der Waals surface area contributed by atoms with E-state index in [1.54, 1.807) is 18.2 Å². The summed E-state index contributed by atoms with van der Waals surface area (Å²) in [6, 6.07) is 16.0. The van der Waals surface area contributed by atoms with Crippen LogP contribution >= 0.6 is 0 Å². The SMILES string of the molecule is COC=O.FC(F)Oc1ccccc1.Nc1ccccc1C1=CCNCC1. The highest BCUT2D eigenvalue weighted by Gasteiger charge is 2.07. The Hall–Kier alpha value is -2.93. The largest absolute Gasteiger partial charge is 0.471 e. The van der Waals surface area contributed by atoms with Gasteiger partial charge in [0.2, 0.25) is 0 Å². The van der Waals surface area contributed by atoms with Crippen molar-refractivity contribution in [1.82, 2.24) is 5.32 Å². The summed E-state index contributed by atoms with van der Waals surface area (Å²) >= 11 is 0. The predicted molar refractivity (Wildman–Crippen MR) is 102 cm³/mol. The number of carbonyl (C=O) groups excluding carboxylic acids is 1. The summed E-state index contributed by atoms with van der Waals surface area (Å²) < 4.78 is 30.9. The molecule has 5 nitrogen and oxygen atoms in total. The maximum atomic E-state index is 11.5. The van der Waals surface area contributed by atoms with Gasteiger partial charge in [0.05, 0.1) is 7.11 Å². The number of alkyl halides is 2. The van der Waals surface area contributed by atoms with Crippen LogP contribution in [0.25, 0.3) is 5.57 Å². The van der Waals surface area contributed by atoms with Crippen molar-refractivity contribution in [3.8, 4) is 5.75 Å². The Bertz CT molecular complexity index is 695. The lowest BCUT2D eigenvalue weighted by atomic mass is 9.99. The number of nitrogens with one attached hydrogen (secondary N) is 1. The molecular weight excluding hydrogens is 354 g/mol. The predicted octanol–water partition coefficient (Wildman–Crippen LogP) is 3.72. The molecular formula is C20H24F2N2O3. The van der Waals surface area contributed by atoms with Crippen LogP contribution < -0.4 is 15.8 Å². The lowest BCUT2D eigenvalue weighted by Crippen LogP contribution is -2.20. The van der Waals surface area contributed by atoms with Crippen molar-refractivity contribution < 1.29 is 23.0 Å². The molecule has 0 aromatic heterocycles. The van der Waals surface area contributed by atoms with Crippen molar-refractivity contribution in [2.75, 3.05) is 25.9 Å². The van der Waals surface area contributed by atoms with Gasteiger partial charge in [0.25, 0.3) is 6.47 Å². The van der Waals surface area contributed by atoms with Gasteiger partial charge in [-0.25, -0.2) is 0 Å². The number of nitrogen functional groups attached to an aromatic ring is 1. The van der Waals surface area contributed by atoms with E-state index in [1.165, 1.54) is 30.4 Å². The number of para-hydroxylation sites is 2. The van der Waals surface area contributed by atoms with Gasteiger partial charge in [0.1, 0.15) is 5.75 Å². The van der Waals surface area contributed by atoms with E-state index < -0.39 is 6.61 Å². The Morgan fingerprint density at radius 1 is 1.11 bits per heavy atom. The number of carbonyl (C=O) groups is 1. The second-order valence-corrected chi connectivity index (χ2v) is 5.29. The molecule has 0 atom stereocenters. The molecule has 3 N–H and O–H groups in total. The molecule has 0 saturated carbocycles. The Labute approximate surface area is 157 Å². The third-order valence-electron chi connectivity index (χ3n) is 3.44. The number of nitrogens with two attached hydrogens (primary N) is 1. The van der Waals surface area contributed by atoms with Crippen LogP contribution in [-0.2, 0) is 9.53 Å². The van der Waals surface area contributed by atoms with Gasteiger partial charge in [0.15, 0.2) is 0 Å². The number of halogens is 2. The van der Waals surface area contributed by atoms with E-state index in [0.29, 0.717) is 6.47 Å². The van der Waals surface area contributed by atoms with Crippen LogP contribution in [-0.4, -0.2) is 33.3 Å². The van der Waals surface area contributed by atoms with E-state index in [0.717, 1.165) is 25.2 Å². The summed E-state index contributed by atoms with van der Waals surface area (Å²) in [6.07, 6.45) is 3.30. The number of anilines is 1. The molecule has 0 aliphatic carbocycles. The molecule has 7 heteroatoms. The van der Waals surface area contributed by atoms with E-state index in [4.69, 9.17) is 10.5 Å². The summed E-state index contributed by atoms with van der Waals surface area (Å²) in [7, 11) is 1.31. The molecule has 0 fully saturated rings. The van der Waals surface area contributed by atoms with Crippen molar-refractivity contribution in [3.05, 3.63) is 66.2 Å². The Kier molecular flexibility index (Phi) is 10.9. The normalized spacial score (nSPS) is 12.5. The molecule has 0 radical (unpaired) electrons. The molecule has 0 spiro atoms. The first-order chi connectivity index (χ1) is 13.1. The first-order valence-electron chi connectivity index (χ1n) is 8.29. The van der Waals surface area contributed by atoms with E-state index >= 15 is 0 Å². The molecule has 0 saturated heterocycles. The fraction of sp³-hybridized carbons (Fsp3) is 0.250. The van der Waals surface area contributed by atoms with Crippen LogP contribution in [0.2, 0.25) is 0 Å². The summed E-state index contributed by atoms with van der Waals surface area (Å²) in [5.41, 5.74) is 9.35. The molecule has 1 heterocycles. The van der Waals surface area contributed by atoms with Gasteiger partial charge in [-0.05, 0) is 36.7 Å². The van der Waals surface area contributed by atoms with Gasteiger partial charge in [-0.15, -0.1) is 0 Å². The van der Waals surface area contributed by atoms with Crippen LogP contribution in [0.15, 0.2) is 60.7 Å². The third kappa shape index (κ3) is 9.37. The van der Waals surface area contributed by atoms with Gasteiger partial charge in [-0.2, -0.15) is 8.78 Å². The Morgan fingerprint density at radius 2 is 1.74 bits per heavy atom. The lowest BCUT2D eigenvalue weighted by Gasteiger charge is -2.15. The Balaban J connectivity index is 0.000000232. The molecule has 0 amide bonds. The number of benzene rings is 2. The van der Waals surface area contributed by atoms with Crippen molar-refractivity contribution >= 4 is 17.7 Å². The highest BCUT2D eigenvalue weighted by molar-refractivity contribution is 5.75. The highest BCUT2D eigenvalue weighted by Crippen LogP contribution is 2.24. The summed E-state index contributed by atoms with van der Waals surface area (Å²) in [5.74, 6) is 0.192. The number of ether oxygens (including phenoxy) is 2. The van der Waals surface area contributed by atoms with Gasteiger partial charge in [0, 0.05) is 17.8 Å². The zero-order valence-electron chi connectivity index (χ0n) is 15.1. The van der Waals surface area contributed by atoms with Gasteiger partial charge < -0.3 is 20.5 Å². The number of hydrogen-bond acceptors (Lipinski definition) is 5. The van der Waals surface area contributed by atoms with E-state index in [9.17, 15) is 8.78 Å². The molecule has 0 unspecified atom stereocenters. The van der Waals surface area contributed by atoms with Crippen LogP contribution in [0.3, 0.4) is 0 Å². The monoisotopic (exact) mass is 378 g/mol. The van der Waals surface area contributed by atoms with Gasteiger partial charge in [-0.1, -0.05) is 42.5 Å². The molecule has 0 bridgehead atoms. The fourth-order valence-electron chi connectivity index (χ4n) is 2.26. The van der Waals surface area contributed by atoms with Gasteiger partial charge >= 0.3 is 6.61 Å².